The van der Waals surface area contributed by atoms with E-state index in [9.17, 15) is 0 Å². The van der Waals surface area contributed by atoms with Gasteiger partial charge in [-0.25, -0.2) is 0 Å². The van der Waals surface area contributed by atoms with E-state index in [1.54, 1.807) is 2.43 Å². The van der Waals surface area contributed by atoms with E-state index < -0.39 is 0 Å². The summed E-state index contributed by atoms with van der Waals surface area (Å²) in [5, 5.41) is 0. The van der Waals surface area contributed by atoms with Gasteiger partial charge in [0.15, 0.2) is 0 Å². The zero-order valence-corrected chi connectivity index (χ0v) is 10.1. The molecule has 0 unspecified atom stereocenters. The Morgan fingerprint density at radius 1 is 1.17 bits per heavy atom. The fraction of sp³-hybridized carbons (Fsp3) is 0.333. The van der Waals surface area contributed by atoms with Crippen molar-refractivity contribution < 1.29 is 20.1 Å². The molecule has 1 heterocycles. The summed E-state index contributed by atoms with van der Waals surface area (Å²) in [6, 6.07) is 0. The average molecular weight is 488 g/mol. The van der Waals surface area contributed by atoms with E-state index in [4.69, 9.17) is 0 Å². The zero-order valence-electron chi connectivity index (χ0n) is 3.01. The third-order valence-electron chi connectivity index (χ3n) is 0.384. The SMILES string of the molecule is C1=C[IH]C[IH]1.[Ir+3]. The van der Waals surface area contributed by atoms with Gasteiger partial charge in [0, 0.05) is 0 Å². The topological polar surface area (TPSA) is 0 Å². The second kappa shape index (κ2) is 5.00. The van der Waals surface area contributed by atoms with E-state index in [2.05, 4.69) is 8.17 Å². The van der Waals surface area contributed by atoms with Crippen molar-refractivity contribution in [3.05, 3.63) is 8.17 Å². The molecule has 0 atom stereocenters. The van der Waals surface area contributed by atoms with Crippen LogP contribution in [0.25, 0.3) is 0 Å². The molecule has 0 saturated carbocycles. The maximum atomic E-state index is 2.42. The molecule has 0 aromatic carbocycles. The molecule has 0 aliphatic carbocycles. The first kappa shape index (κ1) is 7.85. The van der Waals surface area contributed by atoms with Crippen molar-refractivity contribution in [2.24, 2.45) is 0 Å². The molecule has 0 fully saturated rings. The minimum Gasteiger partial charge on any atom is 3.00 e. The first-order valence-electron chi connectivity index (χ1n) is 1.38. The molecule has 0 N–H and O–H groups in total. The summed E-state index contributed by atoms with van der Waals surface area (Å²) in [4.78, 5) is 0. The van der Waals surface area contributed by atoms with Crippen LogP contribution in [0, 0.1) is 0 Å². The average Bonchev–Trinajstić information content (AvgIpc) is 1.76. The molecule has 1 aliphatic heterocycles. The summed E-state index contributed by atoms with van der Waals surface area (Å²) >= 11 is 0.963. The maximum absolute atomic E-state index is 2.42. The Kier molecular flexibility index (Phi) is 6.54. The van der Waals surface area contributed by atoms with E-state index in [0.29, 0.717) is 42.4 Å². The van der Waals surface area contributed by atoms with Gasteiger partial charge in [-0.1, -0.05) is 0 Å². The molecule has 0 bridgehead atoms. The van der Waals surface area contributed by atoms with Crippen LogP contribution in [0.2, 0.25) is 0 Å². The molecule has 0 amide bonds. The number of rotatable bonds is 0. The standard InChI is InChI=1S/C3H6I2.Ir/c1-2-5-3-4-1;/h1-2,4-5H,3H2;/q;+3. The van der Waals surface area contributed by atoms with Crippen molar-refractivity contribution in [2.75, 3.05) is 2.43 Å². The fourth-order valence-corrected chi connectivity index (χ4v) is 8.84. The number of hydrogen-bond donors (Lipinski definition) is 0. The van der Waals surface area contributed by atoms with Crippen molar-refractivity contribution in [2.45, 2.75) is 0 Å². The number of hydrogen-bond acceptors (Lipinski definition) is 0. The largest absolute Gasteiger partial charge is 3.00 e. The van der Waals surface area contributed by atoms with Crippen LogP contribution in [-0.2, 0) is 20.1 Å². The van der Waals surface area contributed by atoms with Crippen LogP contribution >= 0.6 is 42.4 Å². The molecule has 0 saturated heterocycles. The number of alkyl halides is 2. The molecular formula is C3H6I2Ir+3. The predicted molar refractivity (Wildman–Crippen MR) is 44.8 cm³/mol. The van der Waals surface area contributed by atoms with Gasteiger partial charge in [0.1, 0.15) is 0 Å². The van der Waals surface area contributed by atoms with Crippen LogP contribution in [-0.4, -0.2) is 2.43 Å². The van der Waals surface area contributed by atoms with Crippen molar-refractivity contribution in [1.29, 1.82) is 0 Å². The van der Waals surface area contributed by atoms with Crippen LogP contribution in [0.5, 0.6) is 0 Å². The number of halogens is 2. The molecule has 0 spiro atoms. The van der Waals surface area contributed by atoms with Gasteiger partial charge < -0.3 is 0 Å². The Balaban J connectivity index is 0.000000250. The molecule has 0 aromatic heterocycles. The van der Waals surface area contributed by atoms with Crippen LogP contribution < -0.4 is 0 Å². The Morgan fingerprint density at radius 3 is 1.83 bits per heavy atom. The Bertz CT molecular complexity index is 46.8. The summed E-state index contributed by atoms with van der Waals surface area (Å²) in [6.45, 7) is 0. The predicted octanol–water partition coefficient (Wildman–Crippen LogP) is 1.83. The molecule has 0 radical (unpaired) electrons. The van der Waals surface area contributed by atoms with Gasteiger partial charge in [-0.3, -0.25) is 0 Å². The molecule has 1 rings (SSSR count). The summed E-state index contributed by atoms with van der Waals surface area (Å²) in [6.07, 6.45) is 0. The monoisotopic (exact) mass is 489 g/mol. The van der Waals surface area contributed by atoms with Crippen molar-refractivity contribution >= 4 is 42.4 Å². The molecule has 38 valence electrons. The van der Waals surface area contributed by atoms with Gasteiger partial charge in [-0.2, -0.15) is 0 Å². The van der Waals surface area contributed by atoms with Gasteiger partial charge in [0.2, 0.25) is 0 Å². The van der Waals surface area contributed by atoms with Crippen molar-refractivity contribution in [3.8, 4) is 0 Å². The third kappa shape index (κ3) is 2.93. The fourth-order valence-electron chi connectivity index (χ4n) is 0.196. The Labute approximate surface area is 72.0 Å². The van der Waals surface area contributed by atoms with Gasteiger partial charge in [0.25, 0.3) is 0 Å². The summed E-state index contributed by atoms with van der Waals surface area (Å²) in [5.74, 6) is 0. The van der Waals surface area contributed by atoms with Crippen molar-refractivity contribution in [1.82, 2.24) is 0 Å². The molecule has 3 heteroatoms. The van der Waals surface area contributed by atoms with E-state index in [1.165, 1.54) is 0 Å². The summed E-state index contributed by atoms with van der Waals surface area (Å²) in [5.41, 5.74) is 0. The van der Waals surface area contributed by atoms with Crippen LogP contribution in [0.1, 0.15) is 0 Å². The quantitative estimate of drug-likeness (QED) is 0.361. The smallest absolute Gasteiger partial charge is 3.00 e. The normalized spacial score (nSPS) is 20.0. The Morgan fingerprint density at radius 2 is 1.67 bits per heavy atom. The van der Waals surface area contributed by atoms with E-state index >= 15 is 0 Å². The second-order valence-electron chi connectivity index (χ2n) is 0.723. The van der Waals surface area contributed by atoms with E-state index in [0.717, 1.165) is 0 Å². The minimum absolute atomic E-state index is 0. The maximum Gasteiger partial charge on any atom is 3.00 e. The molecular weight excluding hydrogens is 482 g/mol. The summed E-state index contributed by atoms with van der Waals surface area (Å²) in [7, 11) is 0. The van der Waals surface area contributed by atoms with Gasteiger partial charge >= 0.3 is 73.1 Å². The molecule has 1 aliphatic rings. The first-order valence-corrected chi connectivity index (χ1v) is 7.37. The van der Waals surface area contributed by atoms with Crippen LogP contribution in [0.15, 0.2) is 8.17 Å². The van der Waals surface area contributed by atoms with Crippen molar-refractivity contribution in [3.63, 3.8) is 0 Å². The molecule has 0 nitrogen and oxygen atoms in total. The van der Waals surface area contributed by atoms with Gasteiger partial charge in [-0.05, 0) is 0 Å². The summed E-state index contributed by atoms with van der Waals surface area (Å²) < 4.78 is 6.50. The van der Waals surface area contributed by atoms with Crippen LogP contribution in [0.3, 0.4) is 0 Å². The Hall–Kier alpha value is 1.85. The molecule has 0 aromatic rings. The molecule has 6 heavy (non-hydrogen) atoms. The van der Waals surface area contributed by atoms with Gasteiger partial charge in [-0.15, -0.1) is 0 Å². The van der Waals surface area contributed by atoms with Gasteiger partial charge in [0.05, 0.1) is 0 Å². The zero-order chi connectivity index (χ0) is 3.54. The minimum atomic E-state index is 0. The van der Waals surface area contributed by atoms with E-state index in [-0.39, 0.29) is 20.1 Å². The van der Waals surface area contributed by atoms with Crippen LogP contribution in [0.4, 0.5) is 0 Å². The third-order valence-corrected chi connectivity index (χ3v) is 9.91. The second-order valence-corrected chi connectivity index (χ2v) is 9.37. The first-order chi connectivity index (χ1) is 2.50. The van der Waals surface area contributed by atoms with E-state index in [1.807, 2.05) is 0 Å².